The first-order valence-electron chi connectivity index (χ1n) is 9.52. The Labute approximate surface area is 197 Å². The molecule has 1 aliphatic heterocycles. The molecule has 3 rings (SSSR count). The first-order valence-corrected chi connectivity index (χ1v) is 10.7. The molecule has 12 heteroatoms. The zero-order valence-corrected chi connectivity index (χ0v) is 18.9. The second kappa shape index (κ2) is 10.8. The number of nitrogens with one attached hydrogen (secondary N) is 1. The van der Waals surface area contributed by atoms with E-state index in [-0.39, 0.29) is 35.3 Å². The van der Waals surface area contributed by atoms with Crippen molar-refractivity contribution in [1.82, 2.24) is 10.2 Å². The molecule has 3 amide bonds. The number of nitrogens with zero attached hydrogens (tertiary/aromatic N) is 2. The molecule has 172 valence electrons. The molecule has 1 heterocycles. The van der Waals surface area contributed by atoms with Crippen LogP contribution in [0, 0.1) is 10.1 Å². The molecule has 2 aromatic carbocycles. The minimum atomic E-state index is -0.633. The first-order chi connectivity index (χ1) is 15.8. The summed E-state index contributed by atoms with van der Waals surface area (Å²) in [6, 6.07) is 10.9. The quantitative estimate of drug-likeness (QED) is 0.320. The number of nitro benzene ring substituents is 1. The molecule has 2 aromatic rings. The van der Waals surface area contributed by atoms with Crippen LogP contribution < -0.4 is 14.8 Å². The molecular formula is C21H18ClN3O7S. The molecule has 0 bridgehead atoms. The van der Waals surface area contributed by atoms with E-state index < -0.39 is 22.0 Å². The number of thioether (sulfide) groups is 1. The van der Waals surface area contributed by atoms with Gasteiger partial charge in [-0.05, 0) is 41.6 Å². The van der Waals surface area contributed by atoms with Gasteiger partial charge in [-0.2, -0.15) is 0 Å². The lowest BCUT2D eigenvalue weighted by Gasteiger charge is -2.13. The summed E-state index contributed by atoms with van der Waals surface area (Å²) in [7, 11) is 1.49. The summed E-state index contributed by atoms with van der Waals surface area (Å²) in [5.74, 6) is -0.0893. The van der Waals surface area contributed by atoms with Gasteiger partial charge in [0, 0.05) is 19.2 Å². The molecule has 1 saturated heterocycles. The predicted octanol–water partition coefficient (Wildman–Crippen LogP) is 3.49. The Balaban J connectivity index is 1.54. The highest BCUT2D eigenvalue weighted by Gasteiger charge is 2.34. The Hall–Kier alpha value is -3.57. The minimum absolute atomic E-state index is 0.0318. The lowest BCUT2D eigenvalue weighted by atomic mass is 10.2. The topological polar surface area (TPSA) is 128 Å². The molecule has 0 saturated carbocycles. The standard InChI is InChI=1S/C21H18ClN3O7S/c1-31-16-4-2-3-5-17(16)32-12-19(26)23-8-9-24-20(27)18(33-21(24)28)11-13-6-7-14(22)15(10-13)25(29)30/h2-7,10-11H,8-9,12H2,1H3,(H,23,26)/b18-11+. The molecular weight excluding hydrogens is 474 g/mol. The van der Waals surface area contributed by atoms with Gasteiger partial charge in [-0.3, -0.25) is 29.4 Å². The molecule has 33 heavy (non-hydrogen) atoms. The number of carbonyl (C=O) groups is 3. The Bertz CT molecular complexity index is 1140. The molecule has 0 unspecified atom stereocenters. The van der Waals surface area contributed by atoms with Crippen LogP contribution in [0.3, 0.4) is 0 Å². The number of methoxy groups -OCH3 is 1. The van der Waals surface area contributed by atoms with Gasteiger partial charge in [-0.25, -0.2) is 0 Å². The van der Waals surface area contributed by atoms with E-state index in [0.717, 1.165) is 4.90 Å². The van der Waals surface area contributed by atoms with E-state index in [1.807, 2.05) is 0 Å². The van der Waals surface area contributed by atoms with E-state index in [2.05, 4.69) is 5.32 Å². The zero-order chi connectivity index (χ0) is 24.0. The number of ether oxygens (including phenoxy) is 2. The number of para-hydroxylation sites is 2. The van der Waals surface area contributed by atoms with Gasteiger partial charge in [0.1, 0.15) is 5.02 Å². The lowest BCUT2D eigenvalue weighted by Crippen LogP contribution is -2.38. The second-order valence-corrected chi connectivity index (χ2v) is 7.99. The normalized spacial score (nSPS) is 14.5. The summed E-state index contributed by atoms with van der Waals surface area (Å²) in [5, 5.41) is 13.1. The van der Waals surface area contributed by atoms with Crippen molar-refractivity contribution in [3.8, 4) is 11.5 Å². The monoisotopic (exact) mass is 491 g/mol. The second-order valence-electron chi connectivity index (χ2n) is 6.59. The van der Waals surface area contributed by atoms with Gasteiger partial charge >= 0.3 is 0 Å². The fraction of sp³-hybridized carbons (Fsp3) is 0.190. The van der Waals surface area contributed by atoms with Crippen molar-refractivity contribution >= 4 is 52.2 Å². The third kappa shape index (κ3) is 6.02. The Morgan fingerprint density at radius 3 is 2.67 bits per heavy atom. The SMILES string of the molecule is COc1ccccc1OCC(=O)NCCN1C(=O)S/C(=C/c2ccc(Cl)c([N+](=O)[O-])c2)C1=O. The molecule has 0 radical (unpaired) electrons. The molecule has 0 spiro atoms. The number of nitro groups is 1. The summed E-state index contributed by atoms with van der Waals surface area (Å²) in [6.07, 6.45) is 1.38. The zero-order valence-electron chi connectivity index (χ0n) is 17.3. The fourth-order valence-corrected chi connectivity index (χ4v) is 3.89. The van der Waals surface area contributed by atoms with E-state index in [1.165, 1.54) is 31.4 Å². The van der Waals surface area contributed by atoms with Crippen LogP contribution in [-0.4, -0.2) is 53.7 Å². The summed E-state index contributed by atoms with van der Waals surface area (Å²) in [5.41, 5.74) is 0.0566. The molecule has 0 atom stereocenters. The third-order valence-electron chi connectivity index (χ3n) is 4.42. The van der Waals surface area contributed by atoms with E-state index >= 15 is 0 Å². The highest BCUT2D eigenvalue weighted by atomic mass is 35.5. The van der Waals surface area contributed by atoms with E-state index in [4.69, 9.17) is 21.1 Å². The number of rotatable bonds is 9. The van der Waals surface area contributed by atoms with Gasteiger partial charge in [0.15, 0.2) is 18.1 Å². The van der Waals surface area contributed by atoms with Crippen LogP contribution in [0.1, 0.15) is 5.56 Å². The van der Waals surface area contributed by atoms with Crippen LogP contribution in [0.15, 0.2) is 47.4 Å². The average Bonchev–Trinajstić information content (AvgIpc) is 3.06. The number of imide groups is 1. The summed E-state index contributed by atoms with van der Waals surface area (Å²) < 4.78 is 10.6. The van der Waals surface area contributed by atoms with Crippen molar-refractivity contribution in [3.05, 3.63) is 68.1 Å². The maximum Gasteiger partial charge on any atom is 0.293 e. The Kier molecular flexibility index (Phi) is 7.91. The third-order valence-corrected chi connectivity index (χ3v) is 5.65. The average molecular weight is 492 g/mol. The first kappa shape index (κ1) is 24.1. The van der Waals surface area contributed by atoms with Crippen LogP contribution in [0.4, 0.5) is 10.5 Å². The summed E-state index contributed by atoms with van der Waals surface area (Å²) in [6.45, 7) is -0.271. The Morgan fingerprint density at radius 2 is 1.97 bits per heavy atom. The van der Waals surface area contributed by atoms with Gasteiger partial charge < -0.3 is 14.8 Å². The molecule has 1 N–H and O–H groups in total. The molecule has 0 aromatic heterocycles. The van der Waals surface area contributed by atoms with Crippen LogP contribution in [0.5, 0.6) is 11.5 Å². The van der Waals surface area contributed by atoms with E-state index in [0.29, 0.717) is 28.8 Å². The summed E-state index contributed by atoms with van der Waals surface area (Å²) >= 11 is 6.50. The molecule has 1 fully saturated rings. The maximum absolute atomic E-state index is 12.6. The predicted molar refractivity (Wildman–Crippen MR) is 122 cm³/mol. The lowest BCUT2D eigenvalue weighted by molar-refractivity contribution is -0.384. The number of amides is 3. The highest BCUT2D eigenvalue weighted by molar-refractivity contribution is 8.18. The highest BCUT2D eigenvalue weighted by Crippen LogP contribution is 2.33. The van der Waals surface area contributed by atoms with Crippen molar-refractivity contribution in [2.24, 2.45) is 0 Å². The number of hydrogen-bond donors (Lipinski definition) is 1. The molecule has 1 aliphatic rings. The summed E-state index contributed by atoms with van der Waals surface area (Å²) in [4.78, 5) is 48.3. The smallest absolute Gasteiger partial charge is 0.293 e. The number of carbonyl (C=O) groups excluding carboxylic acids is 3. The van der Waals surface area contributed by atoms with Crippen LogP contribution >= 0.6 is 23.4 Å². The fourth-order valence-electron chi connectivity index (χ4n) is 2.84. The van der Waals surface area contributed by atoms with Crippen LogP contribution in [-0.2, 0) is 9.59 Å². The molecule has 10 nitrogen and oxygen atoms in total. The van der Waals surface area contributed by atoms with Gasteiger partial charge in [0.2, 0.25) is 0 Å². The van der Waals surface area contributed by atoms with Crippen LogP contribution in [0.2, 0.25) is 5.02 Å². The van der Waals surface area contributed by atoms with Gasteiger partial charge in [-0.1, -0.05) is 29.8 Å². The van der Waals surface area contributed by atoms with Crippen molar-refractivity contribution in [3.63, 3.8) is 0 Å². The van der Waals surface area contributed by atoms with Crippen molar-refractivity contribution < 1.29 is 28.8 Å². The van der Waals surface area contributed by atoms with Crippen LogP contribution in [0.25, 0.3) is 6.08 Å². The van der Waals surface area contributed by atoms with Gasteiger partial charge in [0.05, 0.1) is 16.9 Å². The Morgan fingerprint density at radius 1 is 1.24 bits per heavy atom. The largest absolute Gasteiger partial charge is 0.493 e. The number of halogens is 1. The number of benzene rings is 2. The number of hydrogen-bond acceptors (Lipinski definition) is 8. The minimum Gasteiger partial charge on any atom is -0.493 e. The van der Waals surface area contributed by atoms with Crippen molar-refractivity contribution in [2.45, 2.75) is 0 Å². The van der Waals surface area contributed by atoms with Gasteiger partial charge in [0.25, 0.3) is 22.7 Å². The van der Waals surface area contributed by atoms with E-state index in [1.54, 1.807) is 24.3 Å². The molecule has 0 aliphatic carbocycles. The maximum atomic E-state index is 12.6. The van der Waals surface area contributed by atoms with Gasteiger partial charge in [-0.15, -0.1) is 0 Å². The van der Waals surface area contributed by atoms with Crippen molar-refractivity contribution in [2.75, 3.05) is 26.8 Å². The van der Waals surface area contributed by atoms with Crippen molar-refractivity contribution in [1.29, 1.82) is 0 Å². The van der Waals surface area contributed by atoms with E-state index in [9.17, 15) is 24.5 Å².